The average Bonchev–Trinajstić information content (AvgIpc) is 2.44. The second-order valence-electron chi connectivity index (χ2n) is 3.90. The first-order valence-electron chi connectivity index (χ1n) is 5.95. The van der Waals surface area contributed by atoms with Crippen LogP contribution in [0.2, 0.25) is 5.15 Å². The zero-order chi connectivity index (χ0) is 14.5. The van der Waals surface area contributed by atoms with E-state index in [9.17, 15) is 9.18 Å². The van der Waals surface area contributed by atoms with E-state index in [1.807, 2.05) is 0 Å². The molecule has 0 fully saturated rings. The molecule has 2 aromatic rings. The van der Waals surface area contributed by atoms with E-state index < -0.39 is 11.7 Å². The van der Waals surface area contributed by atoms with Crippen molar-refractivity contribution >= 4 is 23.2 Å². The fourth-order valence-electron chi connectivity index (χ4n) is 1.57. The third-order valence-electron chi connectivity index (χ3n) is 2.48. The SMILES string of the molecule is CCOc1ccc(C(=O)Nc2ccc(Cl)nc2)cc1F. The summed E-state index contributed by atoms with van der Waals surface area (Å²) in [4.78, 5) is 15.8. The highest BCUT2D eigenvalue weighted by Gasteiger charge is 2.10. The third-order valence-corrected chi connectivity index (χ3v) is 2.70. The predicted octanol–water partition coefficient (Wildman–Crippen LogP) is 3.53. The summed E-state index contributed by atoms with van der Waals surface area (Å²) < 4.78 is 18.7. The Bertz CT molecular complexity index is 617. The summed E-state index contributed by atoms with van der Waals surface area (Å²) in [7, 11) is 0. The predicted molar refractivity (Wildman–Crippen MR) is 74.8 cm³/mol. The van der Waals surface area contributed by atoms with Gasteiger partial charge in [-0.3, -0.25) is 4.79 Å². The Labute approximate surface area is 120 Å². The molecule has 20 heavy (non-hydrogen) atoms. The van der Waals surface area contributed by atoms with Crippen LogP contribution in [0.5, 0.6) is 5.75 Å². The van der Waals surface area contributed by atoms with Crippen LogP contribution >= 0.6 is 11.6 Å². The zero-order valence-electron chi connectivity index (χ0n) is 10.7. The van der Waals surface area contributed by atoms with E-state index in [1.165, 1.54) is 18.3 Å². The molecule has 0 bridgehead atoms. The monoisotopic (exact) mass is 294 g/mol. The number of pyridine rings is 1. The molecule has 0 saturated carbocycles. The summed E-state index contributed by atoms with van der Waals surface area (Å²) in [6.45, 7) is 2.12. The molecule has 2 rings (SSSR count). The van der Waals surface area contributed by atoms with Gasteiger partial charge in [0.15, 0.2) is 11.6 Å². The molecule has 0 radical (unpaired) electrons. The van der Waals surface area contributed by atoms with Gasteiger partial charge in [0.25, 0.3) is 5.91 Å². The van der Waals surface area contributed by atoms with Gasteiger partial charge in [-0.25, -0.2) is 9.37 Å². The molecule has 0 saturated heterocycles. The van der Waals surface area contributed by atoms with Crippen LogP contribution in [0.4, 0.5) is 10.1 Å². The summed E-state index contributed by atoms with van der Waals surface area (Å²) in [5.41, 5.74) is 0.676. The van der Waals surface area contributed by atoms with Gasteiger partial charge in [-0.05, 0) is 37.3 Å². The molecule has 4 nitrogen and oxygen atoms in total. The number of rotatable bonds is 4. The number of benzene rings is 1. The Kier molecular flexibility index (Phi) is 4.53. The van der Waals surface area contributed by atoms with Gasteiger partial charge in [0.1, 0.15) is 5.15 Å². The maximum Gasteiger partial charge on any atom is 0.255 e. The number of carbonyl (C=O) groups is 1. The molecular formula is C14H12ClFN2O2. The summed E-state index contributed by atoms with van der Waals surface area (Å²) in [6, 6.07) is 7.21. The van der Waals surface area contributed by atoms with Gasteiger partial charge in [-0.15, -0.1) is 0 Å². The van der Waals surface area contributed by atoms with Crippen molar-refractivity contribution in [1.82, 2.24) is 4.98 Å². The van der Waals surface area contributed by atoms with Gasteiger partial charge in [0.05, 0.1) is 18.5 Å². The highest BCUT2D eigenvalue weighted by molar-refractivity contribution is 6.29. The molecule has 0 aliphatic carbocycles. The highest BCUT2D eigenvalue weighted by Crippen LogP contribution is 2.19. The maximum atomic E-state index is 13.7. The van der Waals surface area contributed by atoms with Crippen molar-refractivity contribution < 1.29 is 13.9 Å². The molecule has 0 aliphatic rings. The van der Waals surface area contributed by atoms with Gasteiger partial charge >= 0.3 is 0 Å². The van der Waals surface area contributed by atoms with Crippen molar-refractivity contribution in [2.24, 2.45) is 0 Å². The Morgan fingerprint density at radius 1 is 1.40 bits per heavy atom. The lowest BCUT2D eigenvalue weighted by atomic mass is 10.2. The Morgan fingerprint density at radius 3 is 2.80 bits per heavy atom. The minimum absolute atomic E-state index is 0.122. The van der Waals surface area contributed by atoms with Crippen LogP contribution in [-0.2, 0) is 0 Å². The molecule has 0 unspecified atom stereocenters. The number of aromatic nitrogens is 1. The lowest BCUT2D eigenvalue weighted by Crippen LogP contribution is -2.12. The Hall–Kier alpha value is -2.14. The summed E-state index contributed by atoms with van der Waals surface area (Å²) in [5.74, 6) is -0.887. The van der Waals surface area contributed by atoms with Crippen molar-refractivity contribution in [3.8, 4) is 5.75 Å². The molecule has 0 atom stereocenters. The van der Waals surface area contributed by atoms with Crippen molar-refractivity contribution in [3.05, 3.63) is 53.1 Å². The van der Waals surface area contributed by atoms with Crippen LogP contribution in [0.3, 0.4) is 0 Å². The van der Waals surface area contributed by atoms with Gasteiger partial charge in [0.2, 0.25) is 0 Å². The highest BCUT2D eigenvalue weighted by atomic mass is 35.5. The van der Waals surface area contributed by atoms with E-state index in [4.69, 9.17) is 16.3 Å². The first-order chi connectivity index (χ1) is 9.60. The molecule has 1 heterocycles. The number of anilines is 1. The first-order valence-corrected chi connectivity index (χ1v) is 6.33. The van der Waals surface area contributed by atoms with Gasteiger partial charge in [-0.1, -0.05) is 11.6 Å². The summed E-state index contributed by atoms with van der Waals surface area (Å²) in [5, 5.41) is 2.93. The molecule has 1 N–H and O–H groups in total. The number of nitrogens with zero attached hydrogens (tertiary/aromatic N) is 1. The van der Waals surface area contributed by atoms with Crippen LogP contribution in [0.15, 0.2) is 36.5 Å². The van der Waals surface area contributed by atoms with E-state index in [1.54, 1.807) is 19.1 Å². The van der Waals surface area contributed by atoms with E-state index in [2.05, 4.69) is 10.3 Å². The maximum absolute atomic E-state index is 13.7. The minimum atomic E-state index is -0.575. The molecule has 6 heteroatoms. The standard InChI is InChI=1S/C14H12ClFN2O2/c1-2-20-12-5-3-9(7-11(12)16)14(19)18-10-4-6-13(15)17-8-10/h3-8H,2H2,1H3,(H,18,19). The lowest BCUT2D eigenvalue weighted by Gasteiger charge is -2.07. The minimum Gasteiger partial charge on any atom is -0.491 e. The van der Waals surface area contributed by atoms with Gasteiger partial charge in [0, 0.05) is 5.56 Å². The number of nitrogens with one attached hydrogen (secondary N) is 1. The largest absolute Gasteiger partial charge is 0.491 e. The normalized spacial score (nSPS) is 10.2. The topological polar surface area (TPSA) is 51.2 Å². The fraction of sp³-hybridized carbons (Fsp3) is 0.143. The average molecular weight is 295 g/mol. The van der Waals surface area contributed by atoms with Crippen molar-refractivity contribution in [1.29, 1.82) is 0 Å². The third kappa shape index (κ3) is 3.45. The van der Waals surface area contributed by atoms with Crippen LogP contribution < -0.4 is 10.1 Å². The second kappa shape index (κ2) is 6.34. The van der Waals surface area contributed by atoms with Crippen LogP contribution in [0.25, 0.3) is 0 Å². The van der Waals surface area contributed by atoms with E-state index in [-0.39, 0.29) is 11.3 Å². The molecule has 1 aromatic heterocycles. The van der Waals surface area contributed by atoms with E-state index in [0.29, 0.717) is 17.4 Å². The molecule has 104 valence electrons. The quantitative estimate of drug-likeness (QED) is 0.878. The number of ether oxygens (including phenoxy) is 1. The molecular weight excluding hydrogens is 283 g/mol. The number of hydrogen-bond donors (Lipinski definition) is 1. The zero-order valence-corrected chi connectivity index (χ0v) is 11.4. The Balaban J connectivity index is 2.13. The summed E-state index contributed by atoms with van der Waals surface area (Å²) in [6.07, 6.45) is 1.42. The van der Waals surface area contributed by atoms with E-state index >= 15 is 0 Å². The summed E-state index contributed by atoms with van der Waals surface area (Å²) >= 11 is 5.65. The smallest absolute Gasteiger partial charge is 0.255 e. The van der Waals surface area contributed by atoms with Crippen molar-refractivity contribution in [2.45, 2.75) is 6.92 Å². The Morgan fingerprint density at radius 2 is 2.20 bits per heavy atom. The van der Waals surface area contributed by atoms with Crippen molar-refractivity contribution in [3.63, 3.8) is 0 Å². The molecule has 1 amide bonds. The lowest BCUT2D eigenvalue weighted by molar-refractivity contribution is 0.102. The number of amides is 1. The van der Waals surface area contributed by atoms with Crippen LogP contribution in [0, 0.1) is 5.82 Å². The van der Waals surface area contributed by atoms with Gasteiger partial charge < -0.3 is 10.1 Å². The molecule has 0 spiro atoms. The van der Waals surface area contributed by atoms with Crippen LogP contribution in [0.1, 0.15) is 17.3 Å². The fourth-order valence-corrected chi connectivity index (χ4v) is 1.68. The molecule has 0 aliphatic heterocycles. The van der Waals surface area contributed by atoms with Gasteiger partial charge in [-0.2, -0.15) is 0 Å². The molecule has 1 aromatic carbocycles. The number of halogens is 2. The first kappa shape index (κ1) is 14.3. The number of hydrogen-bond acceptors (Lipinski definition) is 3. The van der Waals surface area contributed by atoms with Crippen LogP contribution in [-0.4, -0.2) is 17.5 Å². The van der Waals surface area contributed by atoms with Crippen molar-refractivity contribution in [2.75, 3.05) is 11.9 Å². The van der Waals surface area contributed by atoms with E-state index in [0.717, 1.165) is 6.07 Å². The second-order valence-corrected chi connectivity index (χ2v) is 4.29. The number of carbonyl (C=O) groups excluding carboxylic acids is 1.